The molecule has 0 radical (unpaired) electrons. The number of alkyl halides is 4. The Kier molecular flexibility index (Phi) is 15.3. The molecular weight excluding hydrogens is 838 g/mol. The van der Waals surface area contributed by atoms with Crippen molar-refractivity contribution in [1.29, 1.82) is 0 Å². The molecule has 1 aromatic carbocycles. The van der Waals surface area contributed by atoms with Gasteiger partial charge in [0.2, 0.25) is 5.67 Å². The number of ether oxygens (including phenoxy) is 6. The largest absolute Gasteiger partial charge is 0.457 e. The highest BCUT2D eigenvalue weighted by atomic mass is 35.6. The number of ketones is 2. The summed E-state index contributed by atoms with van der Waals surface area (Å²) in [6, 6.07) is 7.84. The fourth-order valence-electron chi connectivity index (χ4n) is 8.02. The Morgan fingerprint density at radius 3 is 2.27 bits per heavy atom. The number of imide groups is 1. The summed E-state index contributed by atoms with van der Waals surface area (Å²) >= 11 is 16.8. The van der Waals surface area contributed by atoms with E-state index in [9.17, 15) is 28.8 Å². The quantitative estimate of drug-likeness (QED) is 0.103. The van der Waals surface area contributed by atoms with Crippen LogP contribution in [-0.4, -0.2) is 118 Å². The number of hydrogen-bond donors (Lipinski definition) is 1. The van der Waals surface area contributed by atoms with Gasteiger partial charge in [-0.1, -0.05) is 72.9 Å². The lowest BCUT2D eigenvalue weighted by Crippen LogP contribution is -2.59. The summed E-state index contributed by atoms with van der Waals surface area (Å²) in [6.07, 6.45) is -6.94. The minimum absolute atomic E-state index is 0.0708. The van der Waals surface area contributed by atoms with E-state index in [0.29, 0.717) is 6.42 Å². The van der Waals surface area contributed by atoms with Crippen molar-refractivity contribution >= 4 is 70.3 Å². The van der Waals surface area contributed by atoms with Crippen LogP contribution in [0.25, 0.3) is 0 Å². The molecule has 2 saturated heterocycles. The Balaban J connectivity index is 1.84. The van der Waals surface area contributed by atoms with Crippen LogP contribution in [0.2, 0.25) is 0 Å². The average molecular weight is 890 g/mol. The standard InChI is InChI=1S/C41H52Cl3FN2O12/c1-11-27-38(7,59-37(53)46-36(52)41(42,43)44)19-21(3)31(49)40(45)20-39(8,58-28(40)12-2)32(23(5)29(48)24(6)33(50)55-27)57-35-30(26(47(9)10)18-22(4)54-35)56-34(51)25-16-14-13-15-17-25/h12-17,19,22-24,26-28,30,32,35H,2,11,18,20H2,1,3-10H3,(H,46,52,53)/b21-19+/t22-,23+,24-,26+,27-,28?,30-,32-,35+,38+,39-,40-/m1/s1. The van der Waals surface area contributed by atoms with E-state index in [1.165, 1.54) is 34.6 Å². The SMILES string of the molecule is C=CC1O[C@]2(C)C[C@]1(F)C(=O)/C(C)=C/[C@](C)(OC(=O)NC(=O)C(Cl)(Cl)Cl)[C@@H](CC)OC(=O)[C@H](C)C(=O)[C@H](C)[C@H]2O[C@@H]1O[C@H](C)C[C@H](N(C)C)[C@H]1OC(=O)c1ccccc1. The highest BCUT2D eigenvalue weighted by Gasteiger charge is 2.63. The Morgan fingerprint density at radius 2 is 1.71 bits per heavy atom. The lowest BCUT2D eigenvalue weighted by atomic mass is 9.76. The second kappa shape index (κ2) is 18.7. The second-order valence-corrected chi connectivity index (χ2v) is 18.2. The molecule has 1 aromatic rings. The summed E-state index contributed by atoms with van der Waals surface area (Å²) < 4.78 is 51.9. The molecule has 18 heteroatoms. The highest BCUT2D eigenvalue weighted by molar-refractivity contribution is 6.76. The molecule has 0 aromatic heterocycles. The first-order valence-corrected chi connectivity index (χ1v) is 20.3. The molecule has 3 heterocycles. The van der Waals surface area contributed by atoms with Crippen LogP contribution in [-0.2, 0) is 47.6 Å². The van der Waals surface area contributed by atoms with Crippen molar-refractivity contribution in [2.75, 3.05) is 14.1 Å². The third-order valence-corrected chi connectivity index (χ3v) is 11.5. The van der Waals surface area contributed by atoms with Gasteiger partial charge in [0, 0.05) is 12.3 Å². The van der Waals surface area contributed by atoms with E-state index in [-0.39, 0.29) is 17.6 Å². The summed E-state index contributed by atoms with van der Waals surface area (Å²) in [7, 11) is 3.60. The second-order valence-electron chi connectivity index (χ2n) is 15.9. The van der Waals surface area contributed by atoms with Crippen LogP contribution in [0, 0.1) is 11.8 Å². The zero-order valence-electron chi connectivity index (χ0n) is 34.4. The third kappa shape index (κ3) is 10.5. The third-order valence-electron chi connectivity index (χ3n) is 11.0. The predicted octanol–water partition coefficient (Wildman–Crippen LogP) is 6.18. The molecule has 0 spiro atoms. The van der Waals surface area contributed by atoms with Crippen LogP contribution in [0.5, 0.6) is 0 Å². The first kappa shape index (κ1) is 48.2. The van der Waals surface area contributed by atoms with E-state index in [0.717, 1.165) is 12.2 Å². The molecule has 12 atom stereocenters. The molecule has 59 heavy (non-hydrogen) atoms. The number of hydrogen-bond acceptors (Lipinski definition) is 13. The van der Waals surface area contributed by atoms with Gasteiger partial charge in [0.1, 0.15) is 18.1 Å². The molecule has 4 rings (SSSR count). The number of carbonyl (C=O) groups is 6. The molecule has 2 bridgehead atoms. The summed E-state index contributed by atoms with van der Waals surface area (Å²) in [6.45, 7) is 13.8. The Labute approximate surface area is 358 Å². The number of Topliss-reactive ketones (excluding diaryl/α,β-unsaturated/α-hetero) is 2. The lowest BCUT2D eigenvalue weighted by Gasteiger charge is -2.46. The Hall–Kier alpha value is -3.44. The normalized spacial score (nSPS) is 36.7. The van der Waals surface area contributed by atoms with Crippen LogP contribution in [0.3, 0.4) is 0 Å². The number of benzene rings is 1. The number of fused-ring (bicyclic) bond motifs is 2. The van der Waals surface area contributed by atoms with Gasteiger partial charge >= 0.3 is 18.0 Å². The number of amides is 2. The first-order chi connectivity index (χ1) is 27.3. The van der Waals surface area contributed by atoms with Crippen molar-refractivity contribution < 1.29 is 61.6 Å². The number of esters is 2. The molecule has 2 amide bonds. The molecule has 0 saturated carbocycles. The van der Waals surface area contributed by atoms with Crippen LogP contribution in [0.4, 0.5) is 9.18 Å². The maximum absolute atomic E-state index is 17.7. The lowest BCUT2D eigenvalue weighted by molar-refractivity contribution is -0.292. The van der Waals surface area contributed by atoms with Crippen molar-refractivity contribution in [3.8, 4) is 0 Å². The van der Waals surface area contributed by atoms with Crippen molar-refractivity contribution in [3.63, 3.8) is 0 Å². The molecule has 1 unspecified atom stereocenters. The van der Waals surface area contributed by atoms with Crippen LogP contribution >= 0.6 is 34.8 Å². The fraction of sp³-hybridized carbons (Fsp3) is 0.610. The zero-order valence-corrected chi connectivity index (χ0v) is 36.7. The number of allylic oxidation sites excluding steroid dienone is 1. The average Bonchev–Trinajstić information content (AvgIpc) is 3.45. The van der Waals surface area contributed by atoms with Gasteiger partial charge in [-0.3, -0.25) is 24.5 Å². The van der Waals surface area contributed by atoms with Gasteiger partial charge in [0.15, 0.2) is 29.6 Å². The molecule has 1 N–H and O–H groups in total. The summed E-state index contributed by atoms with van der Waals surface area (Å²) in [5.41, 5.74) is -6.75. The topological polar surface area (TPSA) is 173 Å². The van der Waals surface area contributed by atoms with E-state index in [4.69, 9.17) is 63.2 Å². The number of alkyl carbamates (subject to hydrolysis) is 1. The van der Waals surface area contributed by atoms with E-state index in [2.05, 4.69) is 6.58 Å². The molecule has 14 nitrogen and oxygen atoms in total. The van der Waals surface area contributed by atoms with E-state index < -0.39 is 117 Å². The fourth-order valence-corrected chi connectivity index (χ4v) is 8.16. The summed E-state index contributed by atoms with van der Waals surface area (Å²) in [5.74, 6) is -7.69. The number of nitrogens with one attached hydrogen (secondary N) is 1. The smallest absolute Gasteiger partial charge is 0.414 e. The number of cyclic esters (lactones) is 1. The number of carbonyl (C=O) groups excluding carboxylic acids is 6. The van der Waals surface area contributed by atoms with Gasteiger partial charge in [-0.2, -0.15) is 0 Å². The van der Waals surface area contributed by atoms with Crippen molar-refractivity contribution in [1.82, 2.24) is 10.2 Å². The number of nitrogens with zero attached hydrogens (tertiary/aromatic N) is 1. The molecule has 3 aliphatic rings. The molecular formula is C41H52Cl3FN2O12. The van der Waals surface area contributed by atoms with Gasteiger partial charge in [0.25, 0.3) is 9.70 Å². The Morgan fingerprint density at radius 1 is 1.08 bits per heavy atom. The minimum Gasteiger partial charge on any atom is -0.457 e. The molecule has 3 aliphatic heterocycles. The maximum Gasteiger partial charge on any atom is 0.414 e. The van der Waals surface area contributed by atoms with Gasteiger partial charge in [-0.05, 0) is 85.3 Å². The number of likely N-dealkylation sites (N-methyl/N-ethyl adjacent to an activating group) is 1. The van der Waals surface area contributed by atoms with Crippen LogP contribution in [0.15, 0.2) is 54.6 Å². The number of rotatable bonds is 8. The van der Waals surface area contributed by atoms with Gasteiger partial charge in [0.05, 0.1) is 29.4 Å². The number of halogens is 4. The molecule has 0 aliphatic carbocycles. The monoisotopic (exact) mass is 888 g/mol. The minimum atomic E-state index is -2.85. The van der Waals surface area contributed by atoms with Gasteiger partial charge in [-0.25, -0.2) is 14.0 Å². The van der Waals surface area contributed by atoms with E-state index in [1.54, 1.807) is 63.6 Å². The van der Waals surface area contributed by atoms with E-state index >= 15 is 4.39 Å². The first-order valence-electron chi connectivity index (χ1n) is 19.1. The Bertz CT molecular complexity index is 1830. The summed E-state index contributed by atoms with van der Waals surface area (Å²) in [4.78, 5) is 83.3. The molecule has 2 fully saturated rings. The van der Waals surface area contributed by atoms with Crippen LogP contribution in [0.1, 0.15) is 78.1 Å². The molecule has 326 valence electrons. The van der Waals surface area contributed by atoms with E-state index in [1.807, 2.05) is 4.90 Å². The van der Waals surface area contributed by atoms with Crippen molar-refractivity contribution in [2.45, 2.75) is 131 Å². The highest BCUT2D eigenvalue weighted by Crippen LogP contribution is 2.49. The summed E-state index contributed by atoms with van der Waals surface area (Å²) in [5, 5.41) is 1.76. The predicted molar refractivity (Wildman–Crippen MR) is 214 cm³/mol. The van der Waals surface area contributed by atoms with Gasteiger partial charge in [-0.15, -0.1) is 6.58 Å². The maximum atomic E-state index is 17.7. The van der Waals surface area contributed by atoms with Gasteiger partial charge < -0.3 is 33.3 Å². The zero-order chi connectivity index (χ0) is 44.4. The van der Waals surface area contributed by atoms with Crippen LogP contribution < -0.4 is 5.32 Å². The van der Waals surface area contributed by atoms with Crippen molar-refractivity contribution in [3.05, 3.63) is 60.2 Å². The van der Waals surface area contributed by atoms with Crippen molar-refractivity contribution in [2.24, 2.45) is 11.8 Å².